The van der Waals surface area contributed by atoms with Crippen molar-refractivity contribution in [1.29, 1.82) is 0 Å². The van der Waals surface area contributed by atoms with Crippen LogP contribution >= 0.6 is 11.3 Å². The summed E-state index contributed by atoms with van der Waals surface area (Å²) in [4.78, 5) is 17.9. The highest BCUT2D eigenvalue weighted by atomic mass is 32.1. The molecule has 4 nitrogen and oxygen atoms in total. The first-order valence-electron chi connectivity index (χ1n) is 5.91. The Bertz CT molecular complexity index is 365. The second-order valence-corrected chi connectivity index (χ2v) is 4.81. The summed E-state index contributed by atoms with van der Waals surface area (Å²) in [5.74, 6) is -0.212. The van der Waals surface area contributed by atoms with Crippen molar-refractivity contribution in [3.8, 4) is 0 Å². The first kappa shape index (κ1) is 14.0. The van der Waals surface area contributed by atoms with Crippen molar-refractivity contribution >= 4 is 22.4 Å². The van der Waals surface area contributed by atoms with E-state index < -0.39 is 0 Å². The minimum atomic E-state index is -0.212. The van der Waals surface area contributed by atoms with E-state index in [1.807, 2.05) is 12.4 Å². The highest BCUT2D eigenvalue weighted by Gasteiger charge is 2.13. The molecular weight excluding hydrogens is 236 g/mol. The van der Waals surface area contributed by atoms with Gasteiger partial charge in [-0.2, -0.15) is 0 Å². The molecule has 17 heavy (non-hydrogen) atoms. The molecule has 0 fully saturated rings. The molecule has 0 aliphatic rings. The topological polar surface area (TPSA) is 42.4 Å². The molecule has 1 atom stereocenters. The lowest BCUT2D eigenvalue weighted by Gasteiger charge is -2.22. The van der Waals surface area contributed by atoms with E-state index in [1.165, 1.54) is 0 Å². The molecule has 1 heterocycles. The molecule has 5 heteroatoms. The smallest absolute Gasteiger partial charge is 0.311 e. The van der Waals surface area contributed by atoms with Crippen LogP contribution in [-0.4, -0.2) is 30.6 Å². The fraction of sp³-hybridized carbons (Fsp3) is 0.667. The van der Waals surface area contributed by atoms with E-state index in [9.17, 15) is 4.79 Å². The molecule has 0 aromatic carbocycles. The summed E-state index contributed by atoms with van der Waals surface area (Å²) < 4.78 is 4.90. The van der Waals surface area contributed by atoms with Gasteiger partial charge >= 0.3 is 5.97 Å². The number of hydrogen-bond donors (Lipinski definition) is 0. The Morgan fingerprint density at radius 2 is 2.29 bits per heavy atom. The SMILES string of the molecule is CCOC(=O)Cc1csc(N(C)C(C)CC)n1. The van der Waals surface area contributed by atoms with E-state index in [2.05, 4.69) is 23.7 Å². The number of hydrogen-bond acceptors (Lipinski definition) is 5. The van der Waals surface area contributed by atoms with Crippen LogP contribution in [0, 0.1) is 0 Å². The highest BCUT2D eigenvalue weighted by Crippen LogP contribution is 2.22. The van der Waals surface area contributed by atoms with Gasteiger partial charge in [0, 0.05) is 18.5 Å². The second kappa shape index (κ2) is 6.59. The second-order valence-electron chi connectivity index (χ2n) is 3.97. The van der Waals surface area contributed by atoms with E-state index in [-0.39, 0.29) is 12.4 Å². The molecule has 1 unspecified atom stereocenters. The van der Waals surface area contributed by atoms with E-state index in [0.717, 1.165) is 17.2 Å². The van der Waals surface area contributed by atoms with Gasteiger partial charge in [0.15, 0.2) is 5.13 Å². The number of carbonyl (C=O) groups is 1. The Morgan fingerprint density at radius 3 is 2.88 bits per heavy atom. The Balaban J connectivity index is 2.61. The van der Waals surface area contributed by atoms with Crippen LogP contribution in [0.15, 0.2) is 5.38 Å². The zero-order valence-electron chi connectivity index (χ0n) is 10.9. The third-order valence-electron chi connectivity index (χ3n) is 2.72. The number of ether oxygens (including phenoxy) is 1. The molecule has 0 saturated heterocycles. The molecule has 0 amide bonds. The van der Waals surface area contributed by atoms with Crippen molar-refractivity contribution in [3.63, 3.8) is 0 Å². The lowest BCUT2D eigenvalue weighted by atomic mass is 10.2. The molecule has 0 aliphatic heterocycles. The summed E-state index contributed by atoms with van der Waals surface area (Å²) >= 11 is 1.57. The minimum Gasteiger partial charge on any atom is -0.466 e. The predicted molar refractivity (Wildman–Crippen MR) is 70.6 cm³/mol. The average molecular weight is 256 g/mol. The van der Waals surface area contributed by atoms with Crippen LogP contribution in [0.5, 0.6) is 0 Å². The van der Waals surface area contributed by atoms with Crippen LogP contribution < -0.4 is 4.90 Å². The molecule has 0 N–H and O–H groups in total. The van der Waals surface area contributed by atoms with Gasteiger partial charge in [0.1, 0.15) is 0 Å². The number of esters is 1. The minimum absolute atomic E-state index is 0.212. The van der Waals surface area contributed by atoms with Gasteiger partial charge in [0.2, 0.25) is 0 Å². The largest absolute Gasteiger partial charge is 0.466 e. The maximum Gasteiger partial charge on any atom is 0.311 e. The third kappa shape index (κ3) is 4.00. The molecule has 1 aromatic rings. The quantitative estimate of drug-likeness (QED) is 0.733. The predicted octanol–water partition coefficient (Wildman–Crippen LogP) is 2.48. The van der Waals surface area contributed by atoms with E-state index in [1.54, 1.807) is 18.3 Å². The van der Waals surface area contributed by atoms with Crippen molar-refractivity contribution in [2.75, 3.05) is 18.6 Å². The molecule has 96 valence electrons. The molecule has 0 spiro atoms. The molecule has 0 saturated carbocycles. The Hall–Kier alpha value is -1.10. The lowest BCUT2D eigenvalue weighted by Crippen LogP contribution is -2.27. The number of anilines is 1. The summed E-state index contributed by atoms with van der Waals surface area (Å²) in [6.07, 6.45) is 1.34. The van der Waals surface area contributed by atoms with Crippen molar-refractivity contribution in [1.82, 2.24) is 4.98 Å². The molecule has 0 radical (unpaired) electrons. The highest BCUT2D eigenvalue weighted by molar-refractivity contribution is 7.13. The van der Waals surface area contributed by atoms with Crippen LogP contribution in [0.1, 0.15) is 32.9 Å². The van der Waals surface area contributed by atoms with E-state index in [0.29, 0.717) is 12.6 Å². The van der Waals surface area contributed by atoms with E-state index >= 15 is 0 Å². The van der Waals surface area contributed by atoms with Gasteiger partial charge in [-0.15, -0.1) is 11.3 Å². The van der Waals surface area contributed by atoms with Crippen molar-refractivity contribution < 1.29 is 9.53 Å². The molecule has 0 aliphatic carbocycles. The molecule has 1 aromatic heterocycles. The van der Waals surface area contributed by atoms with Gasteiger partial charge in [0.25, 0.3) is 0 Å². The zero-order chi connectivity index (χ0) is 12.8. The van der Waals surface area contributed by atoms with Crippen LogP contribution in [0.4, 0.5) is 5.13 Å². The van der Waals surface area contributed by atoms with Gasteiger partial charge < -0.3 is 9.64 Å². The van der Waals surface area contributed by atoms with Crippen molar-refractivity contribution in [3.05, 3.63) is 11.1 Å². The number of nitrogens with zero attached hydrogens (tertiary/aromatic N) is 2. The normalized spacial score (nSPS) is 12.2. The molecule has 0 bridgehead atoms. The van der Waals surface area contributed by atoms with E-state index in [4.69, 9.17) is 4.74 Å². The number of aromatic nitrogens is 1. The van der Waals surface area contributed by atoms with Crippen LogP contribution in [0.25, 0.3) is 0 Å². The monoisotopic (exact) mass is 256 g/mol. The summed E-state index contributed by atoms with van der Waals surface area (Å²) in [5, 5.41) is 2.88. The molecular formula is C12H20N2O2S. The summed E-state index contributed by atoms with van der Waals surface area (Å²) in [5.41, 5.74) is 0.790. The maximum atomic E-state index is 11.3. The molecule has 1 rings (SSSR count). The summed E-state index contributed by atoms with van der Waals surface area (Å²) in [7, 11) is 2.03. The Morgan fingerprint density at radius 1 is 1.59 bits per heavy atom. The first-order valence-corrected chi connectivity index (χ1v) is 6.79. The van der Waals surface area contributed by atoms with Gasteiger partial charge in [-0.1, -0.05) is 6.92 Å². The van der Waals surface area contributed by atoms with Crippen molar-refractivity contribution in [2.45, 2.75) is 39.7 Å². The van der Waals surface area contributed by atoms with Gasteiger partial charge in [-0.05, 0) is 20.3 Å². The average Bonchev–Trinajstić information content (AvgIpc) is 2.75. The van der Waals surface area contributed by atoms with Crippen LogP contribution in [0.3, 0.4) is 0 Å². The lowest BCUT2D eigenvalue weighted by molar-refractivity contribution is -0.142. The Kier molecular flexibility index (Phi) is 5.41. The van der Waals surface area contributed by atoms with Gasteiger partial charge in [-0.3, -0.25) is 4.79 Å². The van der Waals surface area contributed by atoms with Crippen LogP contribution in [0.2, 0.25) is 0 Å². The van der Waals surface area contributed by atoms with Gasteiger partial charge in [-0.25, -0.2) is 4.98 Å². The zero-order valence-corrected chi connectivity index (χ0v) is 11.7. The summed E-state index contributed by atoms with van der Waals surface area (Å²) in [6.45, 7) is 6.53. The number of carbonyl (C=O) groups excluding carboxylic acids is 1. The van der Waals surface area contributed by atoms with Crippen LogP contribution in [-0.2, 0) is 16.0 Å². The standard InChI is InChI=1S/C12H20N2O2S/c1-5-9(3)14(4)12-13-10(8-17-12)7-11(15)16-6-2/h8-9H,5-7H2,1-4H3. The first-order chi connectivity index (χ1) is 8.08. The number of rotatable bonds is 6. The maximum absolute atomic E-state index is 11.3. The van der Waals surface area contributed by atoms with Gasteiger partial charge in [0.05, 0.1) is 18.7 Å². The fourth-order valence-corrected chi connectivity index (χ4v) is 2.26. The summed E-state index contributed by atoms with van der Waals surface area (Å²) in [6, 6.07) is 0.455. The number of thiazole rings is 1. The fourth-order valence-electron chi connectivity index (χ4n) is 1.36. The van der Waals surface area contributed by atoms with Crippen molar-refractivity contribution in [2.24, 2.45) is 0 Å². The Labute approximate surface area is 107 Å². The third-order valence-corrected chi connectivity index (χ3v) is 3.70.